The molecule has 0 aliphatic heterocycles. The summed E-state index contributed by atoms with van der Waals surface area (Å²) >= 11 is 0. The number of aromatic nitrogens is 2. The number of Topliss-reactive ketones (excluding diaryl/α,β-unsaturated/α-hetero) is 1. The van der Waals surface area contributed by atoms with Crippen LogP contribution in [0.4, 0.5) is 0 Å². The third kappa shape index (κ3) is 1.37. The minimum Gasteiger partial charge on any atom is -0.296 e. The number of fused-ring (bicyclic) bond motifs is 3. The van der Waals surface area contributed by atoms with Crippen molar-refractivity contribution in [3.63, 3.8) is 0 Å². The maximum Gasteiger partial charge on any atom is 0.178 e. The molecule has 0 unspecified atom stereocenters. The Hall–Kier alpha value is -2.16. The molecular weight excluding hydrogens is 224 g/mol. The molecule has 3 heteroatoms. The molecule has 0 bridgehead atoms. The summed E-state index contributed by atoms with van der Waals surface area (Å²) in [6, 6.07) is 8.21. The van der Waals surface area contributed by atoms with E-state index in [9.17, 15) is 4.79 Å². The van der Waals surface area contributed by atoms with Crippen LogP contribution in [0.3, 0.4) is 0 Å². The molecule has 3 rings (SSSR count). The first-order valence-electron chi connectivity index (χ1n) is 5.97. The van der Waals surface area contributed by atoms with Crippen LogP contribution >= 0.6 is 0 Å². The summed E-state index contributed by atoms with van der Waals surface area (Å²) in [5, 5.41) is 2.28. The summed E-state index contributed by atoms with van der Waals surface area (Å²) in [4.78, 5) is 16.3. The number of pyridine rings is 1. The molecule has 0 saturated heterocycles. The maximum absolute atomic E-state index is 11.7. The molecule has 0 aliphatic rings. The van der Waals surface area contributed by atoms with Crippen molar-refractivity contribution in [2.24, 2.45) is 0 Å². The third-order valence-corrected chi connectivity index (χ3v) is 3.35. The van der Waals surface area contributed by atoms with Crippen LogP contribution in [0.2, 0.25) is 0 Å². The van der Waals surface area contributed by atoms with E-state index in [-0.39, 0.29) is 5.78 Å². The second kappa shape index (κ2) is 3.67. The second-order valence-corrected chi connectivity index (χ2v) is 4.65. The summed E-state index contributed by atoms with van der Waals surface area (Å²) in [7, 11) is 0. The van der Waals surface area contributed by atoms with Crippen LogP contribution in [0.1, 0.15) is 28.7 Å². The zero-order valence-corrected chi connectivity index (χ0v) is 10.7. The minimum atomic E-state index is 0.0490. The van der Waals surface area contributed by atoms with Gasteiger partial charge in [-0.05, 0) is 30.9 Å². The largest absolute Gasteiger partial charge is 0.296 e. The number of rotatable bonds is 1. The molecule has 3 nitrogen and oxygen atoms in total. The first-order chi connectivity index (χ1) is 8.59. The van der Waals surface area contributed by atoms with E-state index in [1.54, 1.807) is 6.92 Å². The molecule has 0 N–H and O–H groups in total. The molecule has 0 spiro atoms. The van der Waals surface area contributed by atoms with Crippen LogP contribution in [-0.2, 0) is 0 Å². The number of hydrogen-bond acceptors (Lipinski definition) is 2. The number of ketones is 1. The quantitative estimate of drug-likeness (QED) is 0.609. The first kappa shape index (κ1) is 11.0. The fourth-order valence-electron chi connectivity index (χ4n) is 2.58. The SMILES string of the molecule is CC(=O)c1c(C)nc2c3c(C)cccc3ccn12. The van der Waals surface area contributed by atoms with Gasteiger partial charge in [-0.2, -0.15) is 0 Å². The van der Waals surface area contributed by atoms with Crippen molar-refractivity contribution in [2.45, 2.75) is 20.8 Å². The van der Waals surface area contributed by atoms with Crippen LogP contribution in [-0.4, -0.2) is 15.2 Å². The summed E-state index contributed by atoms with van der Waals surface area (Å²) in [5.74, 6) is 0.0490. The fraction of sp³-hybridized carbons (Fsp3) is 0.200. The average Bonchev–Trinajstić information content (AvgIpc) is 2.65. The Kier molecular flexibility index (Phi) is 2.23. The lowest BCUT2D eigenvalue weighted by atomic mass is 10.1. The van der Waals surface area contributed by atoms with E-state index in [1.807, 2.05) is 29.7 Å². The molecule has 90 valence electrons. The van der Waals surface area contributed by atoms with E-state index < -0.39 is 0 Å². The smallest absolute Gasteiger partial charge is 0.178 e. The second-order valence-electron chi connectivity index (χ2n) is 4.65. The van der Waals surface area contributed by atoms with Crippen molar-refractivity contribution in [3.8, 4) is 0 Å². The lowest BCUT2D eigenvalue weighted by Crippen LogP contribution is -2.00. The zero-order chi connectivity index (χ0) is 12.9. The van der Waals surface area contributed by atoms with Crippen molar-refractivity contribution < 1.29 is 4.79 Å². The van der Waals surface area contributed by atoms with Gasteiger partial charge in [0.05, 0.1) is 5.69 Å². The van der Waals surface area contributed by atoms with Crippen LogP contribution in [0.25, 0.3) is 16.4 Å². The molecule has 0 amide bonds. The molecule has 2 heterocycles. The van der Waals surface area contributed by atoms with E-state index in [0.29, 0.717) is 5.69 Å². The monoisotopic (exact) mass is 238 g/mol. The van der Waals surface area contributed by atoms with Crippen LogP contribution in [0.15, 0.2) is 30.5 Å². The number of carbonyl (C=O) groups excluding carboxylic acids is 1. The highest BCUT2D eigenvalue weighted by atomic mass is 16.1. The highest BCUT2D eigenvalue weighted by Gasteiger charge is 2.15. The van der Waals surface area contributed by atoms with Crippen LogP contribution in [0.5, 0.6) is 0 Å². The Balaban J connectivity index is 2.57. The number of aryl methyl sites for hydroxylation is 2. The van der Waals surface area contributed by atoms with Gasteiger partial charge in [0.1, 0.15) is 11.3 Å². The number of benzene rings is 1. The fourth-order valence-corrected chi connectivity index (χ4v) is 2.58. The molecule has 0 saturated carbocycles. The normalized spacial score (nSPS) is 11.3. The van der Waals surface area contributed by atoms with Crippen molar-refractivity contribution in [1.29, 1.82) is 0 Å². The predicted molar refractivity (Wildman–Crippen MR) is 72.2 cm³/mol. The van der Waals surface area contributed by atoms with Gasteiger partial charge in [0, 0.05) is 18.5 Å². The Labute approximate surface area is 105 Å². The van der Waals surface area contributed by atoms with Crippen LogP contribution < -0.4 is 0 Å². The van der Waals surface area contributed by atoms with Crippen molar-refractivity contribution in [2.75, 3.05) is 0 Å². The van der Waals surface area contributed by atoms with Gasteiger partial charge in [-0.15, -0.1) is 0 Å². The topological polar surface area (TPSA) is 34.4 Å². The van der Waals surface area contributed by atoms with Gasteiger partial charge < -0.3 is 0 Å². The van der Waals surface area contributed by atoms with E-state index in [1.165, 1.54) is 5.56 Å². The molecular formula is C15H14N2O. The lowest BCUT2D eigenvalue weighted by Gasteiger charge is -2.05. The Morgan fingerprint density at radius 1 is 1.22 bits per heavy atom. The summed E-state index contributed by atoms with van der Waals surface area (Å²) in [6.07, 6.45) is 1.92. The molecule has 1 aromatic carbocycles. The van der Waals surface area contributed by atoms with Gasteiger partial charge >= 0.3 is 0 Å². The van der Waals surface area contributed by atoms with Crippen molar-refractivity contribution >= 4 is 22.2 Å². The Morgan fingerprint density at radius 3 is 2.72 bits per heavy atom. The van der Waals surface area contributed by atoms with Crippen molar-refractivity contribution in [1.82, 2.24) is 9.38 Å². The predicted octanol–water partition coefficient (Wildman–Crippen LogP) is 3.31. The molecule has 0 aliphatic carbocycles. The summed E-state index contributed by atoms with van der Waals surface area (Å²) in [5.41, 5.74) is 3.51. The summed E-state index contributed by atoms with van der Waals surface area (Å²) in [6.45, 7) is 5.53. The summed E-state index contributed by atoms with van der Waals surface area (Å²) < 4.78 is 1.90. The molecule has 0 atom stereocenters. The van der Waals surface area contributed by atoms with Crippen LogP contribution in [0, 0.1) is 13.8 Å². The van der Waals surface area contributed by atoms with Gasteiger partial charge in [-0.1, -0.05) is 18.2 Å². The Bertz CT molecular complexity index is 784. The van der Waals surface area contributed by atoms with E-state index in [2.05, 4.69) is 24.0 Å². The number of hydrogen-bond donors (Lipinski definition) is 0. The van der Waals surface area contributed by atoms with Gasteiger partial charge in [-0.25, -0.2) is 4.98 Å². The third-order valence-electron chi connectivity index (χ3n) is 3.35. The minimum absolute atomic E-state index is 0.0490. The van der Waals surface area contributed by atoms with Gasteiger partial charge in [0.15, 0.2) is 5.78 Å². The highest BCUT2D eigenvalue weighted by Crippen LogP contribution is 2.25. The van der Waals surface area contributed by atoms with Gasteiger partial charge in [-0.3, -0.25) is 9.20 Å². The lowest BCUT2D eigenvalue weighted by molar-refractivity contribution is 0.101. The van der Waals surface area contributed by atoms with E-state index in [4.69, 9.17) is 0 Å². The number of imidazole rings is 1. The standard InChI is InChI=1S/C15H14N2O/c1-9-5-4-6-12-7-8-17-14(11(3)18)10(2)16-15(17)13(9)12/h4-8H,1-3H3. The first-order valence-corrected chi connectivity index (χ1v) is 5.97. The number of carbonyl (C=O) groups is 1. The molecule has 0 fully saturated rings. The highest BCUT2D eigenvalue weighted by molar-refractivity contribution is 6.00. The molecule has 2 aromatic heterocycles. The van der Waals surface area contributed by atoms with Crippen molar-refractivity contribution in [3.05, 3.63) is 47.4 Å². The maximum atomic E-state index is 11.7. The average molecular weight is 238 g/mol. The molecule has 3 aromatic rings. The van der Waals surface area contributed by atoms with Gasteiger partial charge in [0.25, 0.3) is 0 Å². The zero-order valence-electron chi connectivity index (χ0n) is 10.7. The van der Waals surface area contributed by atoms with E-state index in [0.717, 1.165) is 22.1 Å². The van der Waals surface area contributed by atoms with Gasteiger partial charge in [0.2, 0.25) is 0 Å². The Morgan fingerprint density at radius 2 is 2.00 bits per heavy atom. The number of nitrogens with zero attached hydrogens (tertiary/aromatic N) is 2. The molecule has 18 heavy (non-hydrogen) atoms. The molecule has 0 radical (unpaired) electrons. The van der Waals surface area contributed by atoms with E-state index >= 15 is 0 Å².